The molecule has 1 saturated heterocycles. The highest BCUT2D eigenvalue weighted by molar-refractivity contribution is 14.0. The van der Waals surface area contributed by atoms with Gasteiger partial charge in [0.1, 0.15) is 0 Å². The highest BCUT2D eigenvalue weighted by atomic mass is 127. The highest BCUT2D eigenvalue weighted by Gasteiger charge is 2.34. The van der Waals surface area contributed by atoms with E-state index in [1.54, 1.807) is 6.07 Å². The van der Waals surface area contributed by atoms with Crippen LogP contribution in [0.4, 0.5) is 8.78 Å². The quantitative estimate of drug-likeness (QED) is 0.361. The number of ether oxygens (including phenoxy) is 1. The van der Waals surface area contributed by atoms with Gasteiger partial charge in [0.25, 0.3) is 0 Å². The molecule has 8 heteroatoms. The fourth-order valence-corrected chi connectivity index (χ4v) is 3.11. The molecule has 154 valence electrons. The number of nitrogens with one attached hydrogen (secondary N) is 2. The van der Waals surface area contributed by atoms with Crippen molar-refractivity contribution in [2.24, 2.45) is 4.99 Å². The first-order chi connectivity index (χ1) is 12.4. The van der Waals surface area contributed by atoms with Gasteiger partial charge in [-0.2, -0.15) is 0 Å². The molecule has 1 aliphatic heterocycles. The minimum atomic E-state index is -0.841. The lowest BCUT2D eigenvalue weighted by Gasteiger charge is -2.41. The van der Waals surface area contributed by atoms with E-state index in [-0.39, 0.29) is 35.6 Å². The van der Waals surface area contributed by atoms with E-state index in [1.807, 2.05) is 13.8 Å². The summed E-state index contributed by atoms with van der Waals surface area (Å²) in [5.41, 5.74) is 0.647. The molecule has 1 unspecified atom stereocenters. The number of benzene rings is 1. The van der Waals surface area contributed by atoms with Crippen molar-refractivity contribution in [3.63, 3.8) is 0 Å². The molecule has 0 bridgehead atoms. The van der Waals surface area contributed by atoms with Gasteiger partial charge in [0, 0.05) is 25.3 Å². The van der Waals surface area contributed by atoms with Crippen LogP contribution in [0, 0.1) is 11.6 Å². The fourth-order valence-electron chi connectivity index (χ4n) is 3.11. The molecular weight excluding hydrogens is 465 g/mol. The predicted octanol–water partition coefficient (Wildman–Crippen LogP) is 3.31. The lowest BCUT2D eigenvalue weighted by atomic mass is 9.89. The molecule has 1 aliphatic rings. The molecule has 1 aromatic rings. The number of halogens is 3. The molecule has 1 fully saturated rings. The van der Waals surface area contributed by atoms with Crippen LogP contribution in [0.15, 0.2) is 23.2 Å². The Morgan fingerprint density at radius 1 is 1.26 bits per heavy atom. The Morgan fingerprint density at radius 2 is 1.93 bits per heavy atom. The van der Waals surface area contributed by atoms with Gasteiger partial charge in [-0.25, -0.2) is 8.78 Å². The third-order valence-electron chi connectivity index (χ3n) is 5.04. The summed E-state index contributed by atoms with van der Waals surface area (Å²) in [6.07, 6.45) is 1.86. The fraction of sp³-hybridized carbons (Fsp3) is 0.632. The van der Waals surface area contributed by atoms with Crippen LogP contribution in [0.25, 0.3) is 0 Å². The van der Waals surface area contributed by atoms with E-state index in [4.69, 9.17) is 9.73 Å². The topological polar surface area (TPSA) is 48.9 Å². The zero-order chi connectivity index (χ0) is 19.2. The third-order valence-corrected chi connectivity index (χ3v) is 5.04. The number of aliphatic imine (C=N–C) groups is 1. The van der Waals surface area contributed by atoms with Crippen LogP contribution in [0.2, 0.25) is 0 Å². The van der Waals surface area contributed by atoms with E-state index in [1.165, 1.54) is 6.07 Å². The first-order valence-electron chi connectivity index (χ1n) is 9.13. The zero-order valence-corrected chi connectivity index (χ0v) is 18.8. The zero-order valence-electron chi connectivity index (χ0n) is 16.5. The van der Waals surface area contributed by atoms with Crippen molar-refractivity contribution >= 4 is 29.9 Å². The van der Waals surface area contributed by atoms with Gasteiger partial charge in [-0.15, -0.1) is 24.0 Å². The standard InChI is InChI=1S/C19H30F2N4O.HI/c1-5-22-18(23-13-19(25(3)4)8-10-26-11-9-19)24-14(2)15-6-7-16(20)17(21)12-15;/h6-7,12,14H,5,8-11,13H2,1-4H3,(H2,22,23,24);1H. The van der Waals surface area contributed by atoms with Crippen LogP contribution in [0.5, 0.6) is 0 Å². The van der Waals surface area contributed by atoms with Crippen molar-refractivity contribution in [3.8, 4) is 0 Å². The highest BCUT2D eigenvalue weighted by Crippen LogP contribution is 2.26. The molecule has 1 atom stereocenters. The minimum absolute atomic E-state index is 0. The Hall–Kier alpha value is -1.00. The normalized spacial score (nSPS) is 18.0. The van der Waals surface area contributed by atoms with E-state index in [0.29, 0.717) is 24.6 Å². The van der Waals surface area contributed by atoms with Gasteiger partial charge in [0.05, 0.1) is 12.6 Å². The average Bonchev–Trinajstić information content (AvgIpc) is 2.62. The lowest BCUT2D eigenvalue weighted by Crippen LogP contribution is -2.51. The smallest absolute Gasteiger partial charge is 0.191 e. The molecule has 5 nitrogen and oxygen atoms in total. The summed E-state index contributed by atoms with van der Waals surface area (Å²) in [6.45, 7) is 6.73. The van der Waals surface area contributed by atoms with E-state index >= 15 is 0 Å². The van der Waals surface area contributed by atoms with Gasteiger partial charge in [0.2, 0.25) is 0 Å². The summed E-state index contributed by atoms with van der Waals surface area (Å²) >= 11 is 0. The number of rotatable bonds is 6. The Bertz CT molecular complexity index is 622. The molecule has 0 saturated carbocycles. The number of hydrogen-bond acceptors (Lipinski definition) is 3. The molecule has 0 radical (unpaired) electrons. The van der Waals surface area contributed by atoms with Crippen molar-refractivity contribution < 1.29 is 13.5 Å². The molecule has 0 aliphatic carbocycles. The van der Waals surface area contributed by atoms with E-state index in [2.05, 4.69) is 29.6 Å². The third kappa shape index (κ3) is 6.53. The van der Waals surface area contributed by atoms with Crippen molar-refractivity contribution in [3.05, 3.63) is 35.4 Å². The maximum absolute atomic E-state index is 13.5. The molecule has 0 aromatic heterocycles. The number of guanidine groups is 1. The molecule has 0 spiro atoms. The second-order valence-electron chi connectivity index (χ2n) is 6.97. The van der Waals surface area contributed by atoms with Crippen LogP contribution in [-0.2, 0) is 4.74 Å². The Morgan fingerprint density at radius 3 is 2.48 bits per heavy atom. The summed E-state index contributed by atoms with van der Waals surface area (Å²) < 4.78 is 32.1. The van der Waals surface area contributed by atoms with Gasteiger partial charge in [0.15, 0.2) is 17.6 Å². The van der Waals surface area contributed by atoms with Crippen LogP contribution < -0.4 is 10.6 Å². The lowest BCUT2D eigenvalue weighted by molar-refractivity contribution is -0.00255. The van der Waals surface area contributed by atoms with Crippen LogP contribution >= 0.6 is 24.0 Å². The predicted molar refractivity (Wildman–Crippen MR) is 116 cm³/mol. The van der Waals surface area contributed by atoms with E-state index < -0.39 is 11.6 Å². The van der Waals surface area contributed by atoms with E-state index in [0.717, 1.165) is 32.1 Å². The van der Waals surface area contributed by atoms with Crippen molar-refractivity contribution in [1.82, 2.24) is 15.5 Å². The molecular formula is C19H31F2IN4O. The Balaban J connectivity index is 0.00000364. The summed E-state index contributed by atoms with van der Waals surface area (Å²) in [4.78, 5) is 6.99. The largest absolute Gasteiger partial charge is 0.381 e. The summed E-state index contributed by atoms with van der Waals surface area (Å²) in [7, 11) is 4.15. The summed E-state index contributed by atoms with van der Waals surface area (Å²) in [5, 5.41) is 6.50. The maximum atomic E-state index is 13.5. The summed E-state index contributed by atoms with van der Waals surface area (Å²) in [5.74, 6) is -1.02. The van der Waals surface area contributed by atoms with E-state index in [9.17, 15) is 8.78 Å². The Kier molecular flexibility index (Phi) is 9.89. The van der Waals surface area contributed by atoms with Crippen molar-refractivity contribution in [2.75, 3.05) is 40.4 Å². The maximum Gasteiger partial charge on any atom is 0.191 e. The second-order valence-corrected chi connectivity index (χ2v) is 6.97. The molecule has 2 N–H and O–H groups in total. The van der Waals surface area contributed by atoms with Gasteiger partial charge >= 0.3 is 0 Å². The van der Waals surface area contributed by atoms with Crippen molar-refractivity contribution in [1.29, 1.82) is 0 Å². The molecule has 1 aromatic carbocycles. The minimum Gasteiger partial charge on any atom is -0.381 e. The first-order valence-corrected chi connectivity index (χ1v) is 9.13. The van der Waals surface area contributed by atoms with Crippen LogP contribution in [0.3, 0.4) is 0 Å². The monoisotopic (exact) mass is 496 g/mol. The van der Waals surface area contributed by atoms with Gasteiger partial charge < -0.3 is 20.3 Å². The number of hydrogen-bond donors (Lipinski definition) is 2. The number of nitrogens with zero attached hydrogens (tertiary/aromatic N) is 2. The average molecular weight is 496 g/mol. The molecule has 2 rings (SSSR count). The number of likely N-dealkylation sites (N-methyl/N-ethyl adjacent to an activating group) is 1. The van der Waals surface area contributed by atoms with Gasteiger partial charge in [-0.3, -0.25) is 4.99 Å². The first kappa shape index (κ1) is 24.0. The summed E-state index contributed by atoms with van der Waals surface area (Å²) in [6, 6.07) is 3.75. The van der Waals surface area contributed by atoms with Crippen LogP contribution in [0.1, 0.15) is 38.3 Å². The molecule has 0 amide bonds. The molecule has 27 heavy (non-hydrogen) atoms. The second kappa shape index (κ2) is 11.1. The van der Waals surface area contributed by atoms with Crippen molar-refractivity contribution in [2.45, 2.75) is 38.3 Å². The van der Waals surface area contributed by atoms with Gasteiger partial charge in [-0.1, -0.05) is 6.07 Å². The molecule has 1 heterocycles. The van der Waals surface area contributed by atoms with Gasteiger partial charge in [-0.05, 0) is 58.5 Å². The Labute approximate surface area is 178 Å². The van der Waals surface area contributed by atoms with Crippen LogP contribution in [-0.4, -0.2) is 56.8 Å². The SMILES string of the molecule is CCNC(=NCC1(N(C)C)CCOCC1)NC(C)c1ccc(F)c(F)c1.I.